The van der Waals surface area contributed by atoms with Gasteiger partial charge in [0.1, 0.15) is 6.17 Å². The highest BCUT2D eigenvalue weighted by atomic mass is 15.1. The fraction of sp³-hybridized carbons (Fsp3) is 0.714. The molecule has 0 saturated carbocycles. The molecule has 2 rings (SSSR count). The number of unbranched alkanes of at least 4 members (excludes halogenated alkanes) is 4. The summed E-state index contributed by atoms with van der Waals surface area (Å²) in [4.78, 5) is 0. The van der Waals surface area contributed by atoms with Crippen LogP contribution >= 0.6 is 0 Å². The zero-order valence-electron chi connectivity index (χ0n) is 15.3. The van der Waals surface area contributed by atoms with Gasteiger partial charge in [-0.2, -0.15) is 0 Å². The lowest BCUT2D eigenvalue weighted by molar-refractivity contribution is 0.391. The van der Waals surface area contributed by atoms with Crippen molar-refractivity contribution >= 4 is 0 Å². The van der Waals surface area contributed by atoms with Crippen LogP contribution in [0, 0.1) is 5.92 Å². The van der Waals surface area contributed by atoms with Crippen molar-refractivity contribution in [1.82, 2.24) is 4.57 Å². The maximum absolute atomic E-state index is 6.38. The lowest BCUT2D eigenvalue weighted by atomic mass is 9.84. The van der Waals surface area contributed by atoms with Crippen molar-refractivity contribution in [3.63, 3.8) is 0 Å². The Morgan fingerprint density at radius 1 is 1.26 bits per heavy atom. The van der Waals surface area contributed by atoms with Gasteiger partial charge in [-0.3, -0.25) is 0 Å². The molecule has 0 bridgehead atoms. The Morgan fingerprint density at radius 3 is 2.70 bits per heavy atom. The molecule has 0 aliphatic heterocycles. The summed E-state index contributed by atoms with van der Waals surface area (Å²) in [6.07, 6.45) is 16.1. The second-order valence-electron chi connectivity index (χ2n) is 7.27. The van der Waals surface area contributed by atoms with Crippen LogP contribution in [0.2, 0.25) is 0 Å². The van der Waals surface area contributed by atoms with Crippen LogP contribution in [0.4, 0.5) is 0 Å². The van der Waals surface area contributed by atoms with Crippen LogP contribution in [0.3, 0.4) is 0 Å². The molecule has 2 N–H and O–H groups in total. The summed E-state index contributed by atoms with van der Waals surface area (Å²) in [5.74, 6) is 0.850. The molecule has 1 aliphatic carbocycles. The standard InChI is InChI=1S/C21H36N2/c1-4-7-9-11-17-13-14-18-16-19(12-10-8-5-2)23(20(18)15-17)21(22)6-3/h6,16-17,21H,3-5,7-15,22H2,1-2H3. The monoisotopic (exact) mass is 316 g/mol. The smallest absolute Gasteiger partial charge is 0.100 e. The highest BCUT2D eigenvalue weighted by Crippen LogP contribution is 2.33. The Kier molecular flexibility index (Phi) is 7.42. The summed E-state index contributed by atoms with van der Waals surface area (Å²) in [6.45, 7) is 8.49. The Morgan fingerprint density at radius 2 is 2.00 bits per heavy atom. The number of hydrogen-bond donors (Lipinski definition) is 1. The summed E-state index contributed by atoms with van der Waals surface area (Å²) in [5.41, 5.74) is 10.9. The molecule has 0 spiro atoms. The van der Waals surface area contributed by atoms with E-state index < -0.39 is 0 Å². The van der Waals surface area contributed by atoms with E-state index in [4.69, 9.17) is 5.73 Å². The molecule has 130 valence electrons. The van der Waals surface area contributed by atoms with Crippen molar-refractivity contribution in [2.75, 3.05) is 0 Å². The maximum atomic E-state index is 6.38. The third-order valence-corrected chi connectivity index (χ3v) is 5.41. The van der Waals surface area contributed by atoms with E-state index in [2.05, 4.69) is 31.1 Å². The molecular formula is C21H36N2. The largest absolute Gasteiger partial charge is 0.329 e. The highest BCUT2D eigenvalue weighted by molar-refractivity contribution is 5.32. The minimum atomic E-state index is -0.0650. The van der Waals surface area contributed by atoms with Gasteiger partial charge in [-0.05, 0) is 49.7 Å². The molecular weight excluding hydrogens is 280 g/mol. The van der Waals surface area contributed by atoms with E-state index in [9.17, 15) is 0 Å². The SMILES string of the molecule is C=CC(N)n1c(CCCCC)cc2c1CC(CCCCC)CC2. The fourth-order valence-corrected chi connectivity index (χ4v) is 4.02. The summed E-state index contributed by atoms with van der Waals surface area (Å²) in [5, 5.41) is 0. The molecule has 0 amide bonds. The van der Waals surface area contributed by atoms with Crippen molar-refractivity contribution in [2.45, 2.75) is 90.6 Å². The van der Waals surface area contributed by atoms with E-state index in [1.54, 1.807) is 5.56 Å². The van der Waals surface area contributed by atoms with Crippen molar-refractivity contribution in [3.05, 3.63) is 35.7 Å². The van der Waals surface area contributed by atoms with Gasteiger partial charge in [0.05, 0.1) is 0 Å². The molecule has 0 radical (unpaired) electrons. The minimum Gasteiger partial charge on any atom is -0.329 e. The van der Waals surface area contributed by atoms with Crippen LogP contribution in [0.25, 0.3) is 0 Å². The van der Waals surface area contributed by atoms with Crippen LogP contribution in [0.1, 0.15) is 88.3 Å². The van der Waals surface area contributed by atoms with Crippen LogP contribution in [-0.4, -0.2) is 4.57 Å². The molecule has 0 fully saturated rings. The molecule has 1 aliphatic rings. The molecule has 1 aromatic heterocycles. The summed E-state index contributed by atoms with van der Waals surface area (Å²) < 4.78 is 2.41. The third kappa shape index (κ3) is 4.73. The quantitative estimate of drug-likeness (QED) is 0.445. The molecule has 1 aromatic rings. The van der Waals surface area contributed by atoms with Crippen molar-refractivity contribution in [1.29, 1.82) is 0 Å². The molecule has 2 unspecified atom stereocenters. The van der Waals surface area contributed by atoms with E-state index in [0.29, 0.717) is 0 Å². The molecule has 2 nitrogen and oxygen atoms in total. The van der Waals surface area contributed by atoms with Gasteiger partial charge in [0, 0.05) is 11.4 Å². The van der Waals surface area contributed by atoms with Crippen molar-refractivity contribution in [3.8, 4) is 0 Å². The van der Waals surface area contributed by atoms with Crippen LogP contribution in [0.15, 0.2) is 18.7 Å². The molecule has 2 heteroatoms. The summed E-state index contributed by atoms with van der Waals surface area (Å²) >= 11 is 0. The van der Waals surface area contributed by atoms with Crippen LogP contribution in [-0.2, 0) is 19.3 Å². The molecule has 1 heterocycles. The number of aryl methyl sites for hydroxylation is 2. The van der Waals surface area contributed by atoms with Gasteiger partial charge < -0.3 is 10.3 Å². The average molecular weight is 317 g/mol. The van der Waals surface area contributed by atoms with E-state index in [-0.39, 0.29) is 6.17 Å². The first-order valence-corrected chi connectivity index (χ1v) is 9.81. The minimum absolute atomic E-state index is 0.0650. The van der Waals surface area contributed by atoms with Gasteiger partial charge in [-0.15, -0.1) is 0 Å². The zero-order valence-corrected chi connectivity index (χ0v) is 15.3. The van der Waals surface area contributed by atoms with Gasteiger partial charge in [0.25, 0.3) is 0 Å². The van der Waals surface area contributed by atoms with Crippen molar-refractivity contribution in [2.24, 2.45) is 11.7 Å². The van der Waals surface area contributed by atoms with E-state index in [1.807, 2.05) is 6.08 Å². The maximum Gasteiger partial charge on any atom is 0.100 e. The second-order valence-corrected chi connectivity index (χ2v) is 7.27. The molecule has 2 atom stereocenters. The Bertz CT molecular complexity index is 486. The lowest BCUT2D eigenvalue weighted by Gasteiger charge is -2.26. The third-order valence-electron chi connectivity index (χ3n) is 5.41. The summed E-state index contributed by atoms with van der Waals surface area (Å²) in [7, 11) is 0. The Labute approximate surface area is 143 Å². The molecule has 0 saturated heterocycles. The number of nitrogens with two attached hydrogens (primary N) is 1. The number of aromatic nitrogens is 1. The average Bonchev–Trinajstić information content (AvgIpc) is 2.92. The van der Waals surface area contributed by atoms with Gasteiger partial charge in [-0.25, -0.2) is 0 Å². The second kappa shape index (κ2) is 9.32. The topological polar surface area (TPSA) is 30.9 Å². The zero-order chi connectivity index (χ0) is 16.7. The first-order chi connectivity index (χ1) is 11.2. The van der Waals surface area contributed by atoms with Crippen LogP contribution < -0.4 is 5.73 Å². The Balaban J connectivity index is 2.13. The number of rotatable bonds is 10. The van der Waals surface area contributed by atoms with Crippen molar-refractivity contribution < 1.29 is 0 Å². The first-order valence-electron chi connectivity index (χ1n) is 9.81. The first kappa shape index (κ1) is 18.3. The predicted molar refractivity (Wildman–Crippen MR) is 101 cm³/mol. The lowest BCUT2D eigenvalue weighted by Crippen LogP contribution is -2.24. The van der Waals surface area contributed by atoms with Gasteiger partial charge in [0.2, 0.25) is 0 Å². The highest BCUT2D eigenvalue weighted by Gasteiger charge is 2.25. The molecule has 23 heavy (non-hydrogen) atoms. The van der Waals surface area contributed by atoms with Gasteiger partial charge in [0.15, 0.2) is 0 Å². The molecule has 0 aromatic carbocycles. The van der Waals surface area contributed by atoms with E-state index in [1.165, 1.54) is 75.6 Å². The summed E-state index contributed by atoms with van der Waals surface area (Å²) in [6, 6.07) is 2.44. The van der Waals surface area contributed by atoms with Crippen LogP contribution in [0.5, 0.6) is 0 Å². The Hall–Kier alpha value is -1.02. The van der Waals surface area contributed by atoms with E-state index in [0.717, 1.165) is 12.3 Å². The number of nitrogens with zero attached hydrogens (tertiary/aromatic N) is 1. The predicted octanol–water partition coefficient (Wildman–Crippen LogP) is 5.55. The number of hydrogen-bond acceptors (Lipinski definition) is 1. The fourth-order valence-electron chi connectivity index (χ4n) is 4.02. The van der Waals surface area contributed by atoms with Gasteiger partial charge in [-0.1, -0.05) is 65.0 Å². The van der Waals surface area contributed by atoms with Gasteiger partial charge >= 0.3 is 0 Å². The number of fused-ring (bicyclic) bond motifs is 1. The van der Waals surface area contributed by atoms with E-state index >= 15 is 0 Å². The normalized spacial score (nSPS) is 18.7.